The third-order valence-electron chi connectivity index (χ3n) is 4.78. The summed E-state index contributed by atoms with van der Waals surface area (Å²) < 4.78 is 28.2. The number of hydrogen-bond donors (Lipinski definition) is 3. The maximum absolute atomic E-state index is 12.8. The minimum Gasteiger partial charge on any atom is -0.506 e. The quantitative estimate of drug-likeness (QED) is 0.757. The second-order valence-electron chi connectivity index (χ2n) is 6.48. The zero-order valence-corrected chi connectivity index (χ0v) is 14.6. The average Bonchev–Trinajstić information content (AvgIpc) is 2.61. The minimum absolute atomic E-state index is 0.117. The summed E-state index contributed by atoms with van der Waals surface area (Å²) in [7, 11) is -3.88. The minimum atomic E-state index is -3.88. The number of carboxylic acid groups (broad SMARTS) is 1. The molecule has 0 heterocycles. The van der Waals surface area contributed by atoms with Gasteiger partial charge in [-0.3, -0.25) is 0 Å². The van der Waals surface area contributed by atoms with Crippen molar-refractivity contribution in [3.05, 3.63) is 35.9 Å². The molecule has 0 atom stereocenters. The van der Waals surface area contributed by atoms with E-state index in [1.807, 2.05) is 0 Å². The molecule has 3 rings (SSSR count). The van der Waals surface area contributed by atoms with Crippen molar-refractivity contribution >= 4 is 26.8 Å². The molecule has 0 saturated heterocycles. The fourth-order valence-electron chi connectivity index (χ4n) is 3.41. The number of benzene rings is 2. The summed E-state index contributed by atoms with van der Waals surface area (Å²) in [6, 6.07) is 7.39. The molecule has 0 radical (unpaired) electrons. The predicted octanol–water partition coefficient (Wildman–Crippen LogP) is 3.10. The Morgan fingerprint density at radius 3 is 2.40 bits per heavy atom. The van der Waals surface area contributed by atoms with Crippen LogP contribution < -0.4 is 4.72 Å². The van der Waals surface area contributed by atoms with Gasteiger partial charge in [0.05, 0.1) is 4.90 Å². The van der Waals surface area contributed by atoms with Crippen molar-refractivity contribution in [3.63, 3.8) is 0 Å². The van der Waals surface area contributed by atoms with Gasteiger partial charge in [0.1, 0.15) is 11.3 Å². The monoisotopic (exact) mass is 363 g/mol. The first-order valence-corrected chi connectivity index (χ1v) is 9.86. The molecule has 0 amide bonds. The van der Waals surface area contributed by atoms with E-state index < -0.39 is 27.3 Å². The summed E-state index contributed by atoms with van der Waals surface area (Å²) in [6.07, 6.45) is 5.40. The Bertz CT molecular complexity index is 901. The van der Waals surface area contributed by atoms with Crippen LogP contribution in [0.15, 0.2) is 35.2 Å². The van der Waals surface area contributed by atoms with Crippen LogP contribution in [0, 0.1) is 5.92 Å². The first kappa shape index (κ1) is 17.7. The van der Waals surface area contributed by atoms with Gasteiger partial charge in [-0.25, -0.2) is 17.9 Å². The van der Waals surface area contributed by atoms with Gasteiger partial charge in [0.2, 0.25) is 10.0 Å². The molecule has 0 unspecified atom stereocenters. The van der Waals surface area contributed by atoms with Gasteiger partial charge in [-0.15, -0.1) is 0 Å². The molecular formula is C18H21NO5S. The van der Waals surface area contributed by atoms with Crippen LogP contribution in [-0.2, 0) is 10.0 Å². The standard InChI is InChI=1S/C18H21NO5S/c20-17-14-9-5-4-8-13(14)16(10-15(17)18(21)22)25(23,24)19-11-12-6-2-1-3-7-12/h4-5,8-10,12,19-20H,1-3,6-7,11H2,(H,21,22). The molecular weight excluding hydrogens is 342 g/mol. The molecule has 3 N–H and O–H groups in total. The Balaban J connectivity index is 2.01. The van der Waals surface area contributed by atoms with E-state index in [0.29, 0.717) is 17.8 Å². The molecule has 0 aromatic heterocycles. The summed E-state index contributed by atoms with van der Waals surface area (Å²) in [5.74, 6) is -1.48. The van der Waals surface area contributed by atoms with Crippen molar-refractivity contribution in [3.8, 4) is 5.75 Å². The van der Waals surface area contributed by atoms with Crippen LogP contribution >= 0.6 is 0 Å². The Labute approximate surface area is 146 Å². The summed E-state index contributed by atoms with van der Waals surface area (Å²) >= 11 is 0. The lowest BCUT2D eigenvalue weighted by Gasteiger charge is -2.22. The van der Waals surface area contributed by atoms with Crippen LogP contribution in [0.25, 0.3) is 10.8 Å². The second kappa shape index (κ2) is 7.01. The highest BCUT2D eigenvalue weighted by Crippen LogP contribution is 2.34. The normalized spacial score (nSPS) is 16.2. The predicted molar refractivity (Wildman–Crippen MR) is 94.3 cm³/mol. The topological polar surface area (TPSA) is 104 Å². The van der Waals surface area contributed by atoms with Crippen LogP contribution in [0.3, 0.4) is 0 Å². The van der Waals surface area contributed by atoms with E-state index in [0.717, 1.165) is 31.7 Å². The molecule has 0 aliphatic heterocycles. The van der Waals surface area contributed by atoms with Gasteiger partial charge < -0.3 is 10.2 Å². The highest BCUT2D eigenvalue weighted by atomic mass is 32.2. The number of sulfonamides is 1. The lowest BCUT2D eigenvalue weighted by molar-refractivity contribution is 0.0694. The zero-order valence-electron chi connectivity index (χ0n) is 13.7. The number of carbonyl (C=O) groups is 1. The van der Waals surface area contributed by atoms with E-state index >= 15 is 0 Å². The van der Waals surface area contributed by atoms with Crippen LogP contribution in [0.5, 0.6) is 5.75 Å². The maximum Gasteiger partial charge on any atom is 0.339 e. The van der Waals surface area contributed by atoms with E-state index in [-0.39, 0.29) is 10.3 Å². The summed E-state index contributed by atoms with van der Waals surface area (Å²) in [5.41, 5.74) is -0.420. The summed E-state index contributed by atoms with van der Waals surface area (Å²) in [5, 5.41) is 19.9. The van der Waals surface area contributed by atoms with Crippen LogP contribution in [0.4, 0.5) is 0 Å². The molecule has 1 saturated carbocycles. The van der Waals surface area contributed by atoms with E-state index in [1.54, 1.807) is 18.2 Å². The number of aromatic hydroxyl groups is 1. The van der Waals surface area contributed by atoms with Gasteiger partial charge in [0, 0.05) is 17.3 Å². The molecule has 7 heteroatoms. The van der Waals surface area contributed by atoms with E-state index in [9.17, 15) is 23.4 Å². The van der Waals surface area contributed by atoms with Gasteiger partial charge in [0.25, 0.3) is 0 Å². The lowest BCUT2D eigenvalue weighted by atomic mass is 9.90. The van der Waals surface area contributed by atoms with Gasteiger partial charge in [-0.2, -0.15) is 0 Å². The first-order valence-electron chi connectivity index (χ1n) is 8.38. The Morgan fingerprint density at radius 1 is 1.12 bits per heavy atom. The average molecular weight is 363 g/mol. The van der Waals surface area contributed by atoms with Gasteiger partial charge >= 0.3 is 5.97 Å². The number of phenols is 1. The fourth-order valence-corrected chi connectivity index (χ4v) is 4.76. The number of aromatic carboxylic acids is 1. The van der Waals surface area contributed by atoms with Crippen molar-refractivity contribution in [1.82, 2.24) is 4.72 Å². The van der Waals surface area contributed by atoms with Crippen molar-refractivity contribution in [2.45, 2.75) is 37.0 Å². The Kier molecular flexibility index (Phi) is 4.96. The Morgan fingerprint density at radius 2 is 1.76 bits per heavy atom. The Hall–Kier alpha value is -2.12. The van der Waals surface area contributed by atoms with E-state index in [2.05, 4.69) is 4.72 Å². The molecule has 134 valence electrons. The highest BCUT2D eigenvalue weighted by Gasteiger charge is 2.25. The third kappa shape index (κ3) is 3.62. The highest BCUT2D eigenvalue weighted by molar-refractivity contribution is 7.89. The number of nitrogens with one attached hydrogen (secondary N) is 1. The number of rotatable bonds is 5. The second-order valence-corrected chi connectivity index (χ2v) is 8.21. The van der Waals surface area contributed by atoms with E-state index in [1.165, 1.54) is 12.5 Å². The first-order chi connectivity index (χ1) is 11.9. The van der Waals surface area contributed by atoms with Crippen molar-refractivity contribution in [2.75, 3.05) is 6.54 Å². The molecule has 1 fully saturated rings. The van der Waals surface area contributed by atoms with Gasteiger partial charge in [0.15, 0.2) is 0 Å². The molecule has 2 aromatic rings. The molecule has 2 aromatic carbocycles. The molecule has 1 aliphatic carbocycles. The maximum atomic E-state index is 12.8. The SMILES string of the molecule is O=C(O)c1cc(S(=O)(=O)NCC2CCCCC2)c2ccccc2c1O. The van der Waals surface area contributed by atoms with Crippen LogP contribution in [-0.4, -0.2) is 31.1 Å². The number of fused-ring (bicyclic) bond motifs is 1. The molecule has 0 spiro atoms. The van der Waals surface area contributed by atoms with Crippen molar-refractivity contribution in [1.29, 1.82) is 0 Å². The van der Waals surface area contributed by atoms with E-state index in [4.69, 9.17) is 0 Å². The van der Waals surface area contributed by atoms with Crippen molar-refractivity contribution < 1.29 is 23.4 Å². The molecule has 6 nitrogen and oxygen atoms in total. The van der Waals surface area contributed by atoms with Gasteiger partial charge in [-0.1, -0.05) is 43.5 Å². The van der Waals surface area contributed by atoms with Gasteiger partial charge in [-0.05, 0) is 24.8 Å². The zero-order chi connectivity index (χ0) is 18.0. The molecule has 25 heavy (non-hydrogen) atoms. The largest absolute Gasteiger partial charge is 0.506 e. The van der Waals surface area contributed by atoms with Crippen molar-refractivity contribution in [2.24, 2.45) is 5.92 Å². The smallest absolute Gasteiger partial charge is 0.339 e. The third-order valence-corrected chi connectivity index (χ3v) is 6.25. The van der Waals surface area contributed by atoms with Crippen LogP contribution in [0.1, 0.15) is 42.5 Å². The molecule has 1 aliphatic rings. The van der Waals surface area contributed by atoms with Crippen LogP contribution in [0.2, 0.25) is 0 Å². The number of hydrogen-bond acceptors (Lipinski definition) is 4. The number of carboxylic acids is 1. The lowest BCUT2D eigenvalue weighted by Crippen LogP contribution is -2.30. The summed E-state index contributed by atoms with van der Waals surface area (Å²) in [4.78, 5) is 11.3. The fraction of sp³-hybridized carbons (Fsp3) is 0.389. The summed E-state index contributed by atoms with van der Waals surface area (Å²) in [6.45, 7) is 0.347. The molecule has 0 bridgehead atoms.